The van der Waals surface area contributed by atoms with Gasteiger partial charge in [0.2, 0.25) is 5.82 Å². The number of hydrogen-bond donors (Lipinski definition) is 1. The van der Waals surface area contributed by atoms with Crippen molar-refractivity contribution in [1.82, 2.24) is 14.8 Å². The largest absolute Gasteiger partial charge is 0.475 e. The SMILES string of the molecule is CCn1nc(C(c2ccccc2)(c2ccccc2)c2cccc(I)c2)nc1C(=O)O. The number of aromatic nitrogens is 3. The van der Waals surface area contributed by atoms with E-state index in [4.69, 9.17) is 5.10 Å². The standard InChI is InChI=1S/C24H20IN3O2/c1-2-28-21(22(29)30)26-23(27-28)24(17-10-5-3-6-11-17,18-12-7-4-8-13-18)19-14-9-15-20(25)16-19/h3-16H,2H2,1H3,(H,29,30). The molecule has 0 aliphatic heterocycles. The molecule has 0 fully saturated rings. The van der Waals surface area contributed by atoms with Crippen LogP contribution in [0.5, 0.6) is 0 Å². The maximum Gasteiger partial charge on any atom is 0.373 e. The van der Waals surface area contributed by atoms with Gasteiger partial charge in [-0.15, -0.1) is 0 Å². The van der Waals surface area contributed by atoms with Crippen molar-refractivity contribution in [3.63, 3.8) is 0 Å². The van der Waals surface area contributed by atoms with E-state index in [0.717, 1.165) is 20.3 Å². The van der Waals surface area contributed by atoms with E-state index in [-0.39, 0.29) is 5.82 Å². The van der Waals surface area contributed by atoms with Gasteiger partial charge in [0.15, 0.2) is 5.82 Å². The van der Waals surface area contributed by atoms with E-state index in [2.05, 4.69) is 39.7 Å². The number of carboxylic acid groups (broad SMARTS) is 1. The van der Waals surface area contributed by atoms with Gasteiger partial charge in [-0.25, -0.2) is 14.5 Å². The molecule has 0 unspecified atom stereocenters. The predicted octanol–water partition coefficient (Wildman–Crippen LogP) is 4.98. The van der Waals surface area contributed by atoms with Crippen LogP contribution < -0.4 is 0 Å². The van der Waals surface area contributed by atoms with E-state index < -0.39 is 11.4 Å². The normalized spacial score (nSPS) is 11.4. The molecule has 5 nitrogen and oxygen atoms in total. The number of halogens is 1. The Hall–Kier alpha value is -3.00. The van der Waals surface area contributed by atoms with Crippen LogP contribution in [-0.4, -0.2) is 25.8 Å². The van der Waals surface area contributed by atoms with Crippen LogP contribution in [0.1, 0.15) is 40.1 Å². The third kappa shape index (κ3) is 3.41. The summed E-state index contributed by atoms with van der Waals surface area (Å²) in [5.74, 6) is -0.705. The summed E-state index contributed by atoms with van der Waals surface area (Å²) in [6, 6.07) is 28.2. The summed E-state index contributed by atoms with van der Waals surface area (Å²) in [6.07, 6.45) is 0. The molecule has 4 rings (SSSR count). The fourth-order valence-electron chi connectivity index (χ4n) is 3.86. The molecule has 0 atom stereocenters. The molecule has 6 heteroatoms. The lowest BCUT2D eigenvalue weighted by Crippen LogP contribution is -2.32. The van der Waals surface area contributed by atoms with Gasteiger partial charge < -0.3 is 5.11 Å². The lowest BCUT2D eigenvalue weighted by molar-refractivity contribution is 0.0676. The molecule has 150 valence electrons. The average molecular weight is 509 g/mol. The summed E-state index contributed by atoms with van der Waals surface area (Å²) >= 11 is 2.29. The molecule has 0 saturated heterocycles. The van der Waals surface area contributed by atoms with Crippen LogP contribution >= 0.6 is 22.6 Å². The van der Waals surface area contributed by atoms with E-state index in [1.54, 1.807) is 0 Å². The van der Waals surface area contributed by atoms with Crippen LogP contribution in [-0.2, 0) is 12.0 Å². The van der Waals surface area contributed by atoms with Gasteiger partial charge in [0.05, 0.1) is 0 Å². The molecule has 4 aromatic rings. The zero-order chi connectivity index (χ0) is 21.1. The Morgan fingerprint density at radius 2 is 1.50 bits per heavy atom. The highest BCUT2D eigenvalue weighted by molar-refractivity contribution is 14.1. The summed E-state index contributed by atoms with van der Waals surface area (Å²) < 4.78 is 2.53. The molecule has 1 heterocycles. The van der Waals surface area contributed by atoms with Gasteiger partial charge in [-0.05, 0) is 58.3 Å². The van der Waals surface area contributed by atoms with Crippen molar-refractivity contribution in [1.29, 1.82) is 0 Å². The molecule has 0 amide bonds. The lowest BCUT2D eigenvalue weighted by Gasteiger charge is -2.33. The topological polar surface area (TPSA) is 68.0 Å². The number of rotatable bonds is 6. The number of carbonyl (C=O) groups is 1. The van der Waals surface area contributed by atoms with Crippen LogP contribution in [0.4, 0.5) is 0 Å². The van der Waals surface area contributed by atoms with Gasteiger partial charge in [0.25, 0.3) is 0 Å². The fourth-order valence-corrected chi connectivity index (χ4v) is 4.41. The van der Waals surface area contributed by atoms with Crippen molar-refractivity contribution in [2.45, 2.75) is 18.9 Å². The van der Waals surface area contributed by atoms with Crippen molar-refractivity contribution >= 4 is 28.6 Å². The molecule has 3 aromatic carbocycles. The van der Waals surface area contributed by atoms with Crippen LogP contribution in [0.25, 0.3) is 0 Å². The Bertz CT molecular complexity index is 1130. The minimum atomic E-state index is -1.09. The number of hydrogen-bond acceptors (Lipinski definition) is 3. The zero-order valence-corrected chi connectivity index (χ0v) is 18.5. The highest BCUT2D eigenvalue weighted by Gasteiger charge is 2.43. The molecule has 0 aliphatic carbocycles. The van der Waals surface area contributed by atoms with E-state index in [0.29, 0.717) is 12.4 Å². The lowest BCUT2D eigenvalue weighted by atomic mass is 9.69. The average Bonchev–Trinajstić information content (AvgIpc) is 3.21. The monoisotopic (exact) mass is 509 g/mol. The van der Waals surface area contributed by atoms with Gasteiger partial charge in [-0.2, -0.15) is 5.10 Å². The quantitative estimate of drug-likeness (QED) is 0.294. The maximum absolute atomic E-state index is 11.9. The van der Waals surface area contributed by atoms with Crippen LogP contribution in [0.2, 0.25) is 0 Å². The van der Waals surface area contributed by atoms with E-state index in [9.17, 15) is 9.90 Å². The molecule has 1 aromatic heterocycles. The van der Waals surface area contributed by atoms with Crippen LogP contribution in [0, 0.1) is 3.57 Å². The third-order valence-corrected chi connectivity index (χ3v) is 5.84. The molecule has 1 N–H and O–H groups in total. The van der Waals surface area contributed by atoms with Crippen molar-refractivity contribution in [2.75, 3.05) is 0 Å². The maximum atomic E-state index is 11.9. The minimum Gasteiger partial charge on any atom is -0.475 e. The first-order valence-electron chi connectivity index (χ1n) is 9.63. The first-order chi connectivity index (χ1) is 14.6. The fraction of sp³-hybridized carbons (Fsp3) is 0.125. The predicted molar refractivity (Wildman–Crippen MR) is 124 cm³/mol. The summed E-state index contributed by atoms with van der Waals surface area (Å²) in [5, 5.41) is 14.4. The number of benzene rings is 3. The van der Waals surface area contributed by atoms with Gasteiger partial charge in [-0.3, -0.25) is 0 Å². The Morgan fingerprint density at radius 1 is 0.933 bits per heavy atom. The van der Waals surface area contributed by atoms with Crippen molar-refractivity contribution in [3.8, 4) is 0 Å². The van der Waals surface area contributed by atoms with Crippen LogP contribution in [0.15, 0.2) is 84.9 Å². The Balaban J connectivity index is 2.15. The van der Waals surface area contributed by atoms with Gasteiger partial charge in [-0.1, -0.05) is 72.8 Å². The molecule has 0 aliphatic rings. The minimum absolute atomic E-state index is 0.0608. The second kappa shape index (κ2) is 8.39. The summed E-state index contributed by atoms with van der Waals surface area (Å²) in [5.41, 5.74) is 2.08. The summed E-state index contributed by atoms with van der Waals surface area (Å²) in [4.78, 5) is 16.4. The highest BCUT2D eigenvalue weighted by atomic mass is 127. The Morgan fingerprint density at radius 3 is 1.97 bits per heavy atom. The second-order valence-electron chi connectivity index (χ2n) is 6.87. The van der Waals surface area contributed by atoms with E-state index in [1.165, 1.54) is 4.68 Å². The second-order valence-corrected chi connectivity index (χ2v) is 8.12. The third-order valence-electron chi connectivity index (χ3n) is 5.17. The highest BCUT2D eigenvalue weighted by Crippen LogP contribution is 2.44. The summed E-state index contributed by atoms with van der Waals surface area (Å²) in [7, 11) is 0. The molecular weight excluding hydrogens is 489 g/mol. The van der Waals surface area contributed by atoms with Gasteiger partial charge in [0, 0.05) is 10.1 Å². The molecule has 0 radical (unpaired) electrons. The van der Waals surface area contributed by atoms with Crippen molar-refractivity contribution < 1.29 is 9.90 Å². The molecule has 0 bridgehead atoms. The molecule has 0 saturated carbocycles. The van der Waals surface area contributed by atoms with Crippen LogP contribution in [0.3, 0.4) is 0 Å². The van der Waals surface area contributed by atoms with Gasteiger partial charge >= 0.3 is 5.97 Å². The van der Waals surface area contributed by atoms with E-state index >= 15 is 0 Å². The molecule has 30 heavy (non-hydrogen) atoms. The Kier molecular flexibility index (Phi) is 5.67. The number of aromatic carboxylic acids is 1. The smallest absolute Gasteiger partial charge is 0.373 e. The van der Waals surface area contributed by atoms with Crippen molar-refractivity contribution in [3.05, 3.63) is 117 Å². The summed E-state index contributed by atoms with van der Waals surface area (Å²) in [6.45, 7) is 2.28. The van der Waals surface area contributed by atoms with Gasteiger partial charge in [0.1, 0.15) is 5.41 Å². The zero-order valence-electron chi connectivity index (χ0n) is 16.4. The molecule has 0 spiro atoms. The number of nitrogens with zero attached hydrogens (tertiary/aromatic N) is 3. The first kappa shape index (κ1) is 20.3. The Labute approximate surface area is 188 Å². The van der Waals surface area contributed by atoms with E-state index in [1.807, 2.05) is 79.7 Å². The number of carboxylic acids is 1. The van der Waals surface area contributed by atoms with Crippen molar-refractivity contribution in [2.24, 2.45) is 0 Å². The number of aryl methyl sites for hydroxylation is 1. The molecular formula is C24H20IN3O2. The first-order valence-corrected chi connectivity index (χ1v) is 10.7.